The van der Waals surface area contributed by atoms with E-state index in [4.69, 9.17) is 11.6 Å². The van der Waals surface area contributed by atoms with E-state index in [1.807, 2.05) is 133 Å². The molecule has 4 rings (SSSR count). The number of hydrogen-bond acceptors (Lipinski definition) is 4. The van der Waals surface area contributed by atoms with E-state index in [0.29, 0.717) is 24.7 Å². The van der Waals surface area contributed by atoms with E-state index in [2.05, 4.69) is 36.2 Å². The first-order valence-corrected chi connectivity index (χ1v) is 16.0. The maximum absolute atomic E-state index is 12.3. The average Bonchev–Trinajstić information content (AvgIpc) is 3.40. The molecule has 1 N–H and O–H groups in total. The van der Waals surface area contributed by atoms with Gasteiger partial charge in [0.25, 0.3) is 0 Å². The molecule has 0 saturated carbocycles. The highest BCUT2D eigenvalue weighted by molar-refractivity contribution is 9.10. The lowest BCUT2D eigenvalue weighted by molar-refractivity contribution is -0.125. The first-order valence-electron chi connectivity index (χ1n) is 14.9. The summed E-state index contributed by atoms with van der Waals surface area (Å²) in [5.74, 6) is 0.885. The molecule has 0 aliphatic carbocycles. The zero-order valence-corrected chi connectivity index (χ0v) is 29.5. The van der Waals surface area contributed by atoms with Crippen molar-refractivity contribution in [1.29, 1.82) is 0 Å². The molecule has 0 spiro atoms. The van der Waals surface area contributed by atoms with Gasteiger partial charge in [0.1, 0.15) is 11.8 Å². The Bertz CT molecular complexity index is 926. The van der Waals surface area contributed by atoms with Crippen molar-refractivity contribution in [2.45, 2.75) is 103 Å². The molecule has 1 aromatic carbocycles. The fourth-order valence-corrected chi connectivity index (χ4v) is 3.42. The van der Waals surface area contributed by atoms with E-state index in [-0.39, 0.29) is 11.8 Å². The fraction of sp³-hybridized carbons (Fsp3) is 0.581. The molecular formula is C31H57BrClN5O. The summed E-state index contributed by atoms with van der Waals surface area (Å²) in [5.41, 5.74) is 1.96. The zero-order valence-electron chi connectivity index (χ0n) is 27.2. The number of fused-ring (bicyclic) bond motifs is 1. The quantitative estimate of drug-likeness (QED) is 0.312. The van der Waals surface area contributed by atoms with Crippen LogP contribution in [0.25, 0.3) is 5.52 Å². The Morgan fingerprint density at radius 2 is 1.38 bits per heavy atom. The van der Waals surface area contributed by atoms with Crippen LogP contribution in [0.3, 0.4) is 0 Å². The third-order valence-electron chi connectivity index (χ3n) is 4.28. The summed E-state index contributed by atoms with van der Waals surface area (Å²) in [6, 6.07) is 9.45. The standard InChI is InChI=1S/C17H15BrClN5O.7C2H6/c18-13-5-15-16(21-10-22-24(15)9-13)23-7-12(8-23)17(25)20-6-11-1-3-14(19)4-2-11;7*1-2/h1-5,9-10,12H,6-8H2,(H,20,25);7*1-2H3. The summed E-state index contributed by atoms with van der Waals surface area (Å²) >= 11 is 9.32. The van der Waals surface area contributed by atoms with Gasteiger partial charge in [0.05, 0.1) is 5.92 Å². The lowest BCUT2D eigenvalue weighted by Gasteiger charge is -2.39. The molecular weight excluding hydrogens is 574 g/mol. The topological polar surface area (TPSA) is 62.5 Å². The lowest BCUT2D eigenvalue weighted by Crippen LogP contribution is -2.54. The van der Waals surface area contributed by atoms with E-state index >= 15 is 0 Å². The van der Waals surface area contributed by atoms with Crippen molar-refractivity contribution >= 4 is 44.8 Å². The molecule has 3 aromatic rings. The van der Waals surface area contributed by atoms with Crippen molar-refractivity contribution in [3.05, 3.63) is 57.9 Å². The number of carbonyl (C=O) groups is 1. The first kappa shape index (κ1) is 43.9. The fourth-order valence-electron chi connectivity index (χ4n) is 2.88. The average molecular weight is 631 g/mol. The van der Waals surface area contributed by atoms with Crippen LogP contribution in [0.5, 0.6) is 0 Å². The van der Waals surface area contributed by atoms with Crippen molar-refractivity contribution < 1.29 is 4.79 Å². The van der Waals surface area contributed by atoms with Gasteiger partial charge in [-0.1, -0.05) is 121 Å². The summed E-state index contributed by atoms with van der Waals surface area (Å²) < 4.78 is 2.73. The van der Waals surface area contributed by atoms with Crippen molar-refractivity contribution in [3.63, 3.8) is 0 Å². The lowest BCUT2D eigenvalue weighted by atomic mass is 9.99. The number of anilines is 1. The molecule has 8 heteroatoms. The number of halogens is 2. The van der Waals surface area contributed by atoms with Gasteiger partial charge in [-0.15, -0.1) is 0 Å². The highest BCUT2D eigenvalue weighted by Gasteiger charge is 2.34. The second-order valence-electron chi connectivity index (χ2n) is 6.02. The summed E-state index contributed by atoms with van der Waals surface area (Å²) in [6.45, 7) is 29.8. The Labute approximate surface area is 254 Å². The number of rotatable bonds is 4. The van der Waals surface area contributed by atoms with Crippen LogP contribution in [0.4, 0.5) is 5.82 Å². The summed E-state index contributed by atoms with van der Waals surface area (Å²) in [5, 5.41) is 7.86. The van der Waals surface area contributed by atoms with E-state index in [9.17, 15) is 4.79 Å². The predicted octanol–water partition coefficient (Wildman–Crippen LogP) is 10.1. The number of aromatic nitrogens is 3. The molecule has 39 heavy (non-hydrogen) atoms. The molecule has 0 unspecified atom stereocenters. The molecule has 0 bridgehead atoms. The van der Waals surface area contributed by atoms with Crippen molar-refractivity contribution in [2.75, 3.05) is 18.0 Å². The molecule has 1 aliphatic rings. The Balaban J connectivity index is -0.000000383. The molecule has 226 valence electrons. The van der Waals surface area contributed by atoms with Crippen LogP contribution in [0.2, 0.25) is 5.02 Å². The highest BCUT2D eigenvalue weighted by Crippen LogP contribution is 2.28. The molecule has 2 aromatic heterocycles. The van der Waals surface area contributed by atoms with Gasteiger partial charge in [-0.3, -0.25) is 4.79 Å². The van der Waals surface area contributed by atoms with E-state index < -0.39 is 0 Å². The van der Waals surface area contributed by atoms with Gasteiger partial charge in [0.15, 0.2) is 5.82 Å². The molecule has 1 saturated heterocycles. The van der Waals surface area contributed by atoms with Gasteiger partial charge in [0.2, 0.25) is 5.91 Å². The zero-order chi connectivity index (χ0) is 31.4. The van der Waals surface area contributed by atoms with E-state index in [0.717, 1.165) is 21.4 Å². The van der Waals surface area contributed by atoms with Gasteiger partial charge < -0.3 is 10.2 Å². The van der Waals surface area contributed by atoms with Crippen LogP contribution in [0.1, 0.15) is 102 Å². The van der Waals surface area contributed by atoms with Gasteiger partial charge in [-0.2, -0.15) is 5.10 Å². The van der Waals surface area contributed by atoms with Crippen molar-refractivity contribution in [1.82, 2.24) is 19.9 Å². The Hall–Kier alpha value is -2.12. The molecule has 3 heterocycles. The smallest absolute Gasteiger partial charge is 0.226 e. The normalized spacial score (nSPS) is 10.4. The predicted molar refractivity (Wildman–Crippen MR) is 179 cm³/mol. The minimum absolute atomic E-state index is 0.0271. The van der Waals surface area contributed by atoms with Gasteiger partial charge >= 0.3 is 0 Å². The summed E-state index contributed by atoms with van der Waals surface area (Å²) in [4.78, 5) is 18.8. The molecule has 0 radical (unpaired) electrons. The van der Waals surface area contributed by atoms with E-state index in [1.165, 1.54) is 6.33 Å². The number of amides is 1. The first-order chi connectivity index (χ1) is 19.1. The number of benzene rings is 1. The number of nitrogens with zero attached hydrogens (tertiary/aromatic N) is 4. The van der Waals surface area contributed by atoms with Crippen LogP contribution in [-0.4, -0.2) is 33.6 Å². The van der Waals surface area contributed by atoms with Crippen LogP contribution in [0.15, 0.2) is 47.3 Å². The van der Waals surface area contributed by atoms with Gasteiger partial charge in [-0.05, 0) is 39.7 Å². The van der Waals surface area contributed by atoms with Crippen LogP contribution in [0, 0.1) is 5.92 Å². The minimum Gasteiger partial charge on any atom is -0.353 e. The molecule has 1 fully saturated rings. The third-order valence-corrected chi connectivity index (χ3v) is 4.97. The highest BCUT2D eigenvalue weighted by atomic mass is 79.9. The van der Waals surface area contributed by atoms with E-state index in [1.54, 1.807) is 4.52 Å². The summed E-state index contributed by atoms with van der Waals surface area (Å²) in [7, 11) is 0. The number of nitrogens with one attached hydrogen (secondary N) is 1. The Morgan fingerprint density at radius 3 is 1.87 bits per heavy atom. The van der Waals surface area contributed by atoms with Gasteiger partial charge in [0, 0.05) is 35.3 Å². The van der Waals surface area contributed by atoms with Gasteiger partial charge in [-0.25, -0.2) is 9.50 Å². The molecule has 1 aliphatic heterocycles. The Kier molecular flexibility index (Phi) is 34.3. The maximum Gasteiger partial charge on any atom is 0.226 e. The third kappa shape index (κ3) is 15.9. The molecule has 1 amide bonds. The van der Waals surface area contributed by atoms with Crippen LogP contribution in [-0.2, 0) is 11.3 Å². The molecule has 6 nitrogen and oxygen atoms in total. The summed E-state index contributed by atoms with van der Waals surface area (Å²) in [6.07, 6.45) is 3.42. The van der Waals surface area contributed by atoms with Crippen molar-refractivity contribution in [3.8, 4) is 0 Å². The van der Waals surface area contributed by atoms with Crippen LogP contribution < -0.4 is 10.2 Å². The SMILES string of the molecule is CC.CC.CC.CC.CC.CC.CC.O=C(NCc1ccc(Cl)cc1)C1CN(c2ncnn3cc(Br)cc23)C1. The number of carbonyl (C=O) groups excluding carboxylic acids is 1. The van der Waals surface area contributed by atoms with Crippen LogP contribution >= 0.6 is 27.5 Å². The second kappa shape index (κ2) is 30.4. The van der Waals surface area contributed by atoms with Crippen molar-refractivity contribution in [2.24, 2.45) is 5.92 Å². The second-order valence-corrected chi connectivity index (χ2v) is 7.37. The monoisotopic (exact) mass is 629 g/mol. The minimum atomic E-state index is -0.0271. The largest absolute Gasteiger partial charge is 0.353 e. The molecule has 0 atom stereocenters. The number of hydrogen-bond donors (Lipinski definition) is 1. The maximum atomic E-state index is 12.3. The Morgan fingerprint density at radius 1 is 0.897 bits per heavy atom.